The summed E-state index contributed by atoms with van der Waals surface area (Å²) >= 11 is 17.8. The summed E-state index contributed by atoms with van der Waals surface area (Å²) < 4.78 is 0. The summed E-state index contributed by atoms with van der Waals surface area (Å²) in [6.07, 6.45) is 5.38. The van der Waals surface area contributed by atoms with Crippen LogP contribution in [0.3, 0.4) is 0 Å². The minimum atomic E-state index is 0.578. The summed E-state index contributed by atoms with van der Waals surface area (Å²) in [5.41, 5.74) is 1.16. The fraction of sp³-hybridized carbons (Fsp3) is 1.00. The number of hydrogen-bond acceptors (Lipinski definition) is 1. The van der Waals surface area contributed by atoms with E-state index in [-0.39, 0.29) is 0 Å². The fourth-order valence-corrected chi connectivity index (χ4v) is 9.21. The van der Waals surface area contributed by atoms with Gasteiger partial charge in [0.05, 0.1) is 0 Å². The van der Waals surface area contributed by atoms with Crippen LogP contribution in [-0.4, -0.2) is 30.8 Å². The monoisotopic (exact) mass is 508 g/mol. The Labute approximate surface area is 141 Å². The highest BCUT2D eigenvalue weighted by Crippen LogP contribution is 2.68. The van der Waals surface area contributed by atoms with Crippen LogP contribution >= 0.6 is 75.5 Å². The zero-order chi connectivity index (χ0) is 12.3. The van der Waals surface area contributed by atoms with Gasteiger partial charge in [-0.2, -0.15) is 11.8 Å². The molecule has 6 atom stereocenters. The molecule has 2 unspecified atom stereocenters. The molecule has 0 bridgehead atoms. The molecule has 2 saturated carbocycles. The van der Waals surface area contributed by atoms with Gasteiger partial charge < -0.3 is 0 Å². The van der Waals surface area contributed by atoms with E-state index in [0.717, 1.165) is 0 Å². The molecule has 0 radical (unpaired) electrons. The maximum atomic E-state index is 3.90. The van der Waals surface area contributed by atoms with Crippen LogP contribution in [0.25, 0.3) is 0 Å². The van der Waals surface area contributed by atoms with Gasteiger partial charge in [0, 0.05) is 19.3 Å². The molecule has 0 aromatic rings. The predicted octanol–water partition coefficient (Wildman–Crippen LogP) is 5.35. The Hall–Kier alpha value is 2.27. The molecule has 1 aliphatic heterocycles. The van der Waals surface area contributed by atoms with Gasteiger partial charge >= 0.3 is 0 Å². The minimum absolute atomic E-state index is 0.578. The van der Waals surface area contributed by atoms with Gasteiger partial charge in [-0.05, 0) is 48.0 Å². The van der Waals surface area contributed by atoms with Crippen LogP contribution in [0.1, 0.15) is 25.7 Å². The Bertz CT molecular complexity index is 272. The topological polar surface area (TPSA) is 0 Å². The second-order valence-corrected chi connectivity index (χ2v) is 11.6. The number of alkyl halides is 4. The first-order valence-electron chi connectivity index (χ1n) is 6.12. The largest absolute Gasteiger partial charge is 0.161 e. The third-order valence-corrected chi connectivity index (χ3v) is 11.8. The second kappa shape index (κ2) is 4.92. The van der Waals surface area contributed by atoms with Gasteiger partial charge in [0.1, 0.15) is 0 Å². The Morgan fingerprint density at radius 3 is 1.24 bits per heavy atom. The smallest absolute Gasteiger partial charge is 0.0277 e. The lowest BCUT2D eigenvalue weighted by Gasteiger charge is -2.57. The van der Waals surface area contributed by atoms with Crippen LogP contribution in [0.15, 0.2) is 0 Å². The molecule has 2 aliphatic carbocycles. The first-order valence-corrected chi connectivity index (χ1v) is 10.9. The molecule has 17 heavy (non-hydrogen) atoms. The first kappa shape index (κ1) is 14.2. The highest BCUT2D eigenvalue weighted by Gasteiger charge is 2.62. The number of halogens is 4. The molecule has 1 heterocycles. The van der Waals surface area contributed by atoms with Crippen molar-refractivity contribution in [1.29, 1.82) is 0 Å². The van der Waals surface area contributed by atoms with E-state index in [1.807, 2.05) is 0 Å². The minimum Gasteiger partial charge on any atom is -0.161 e. The highest BCUT2D eigenvalue weighted by molar-refractivity contribution is 9.12. The Kier molecular flexibility index (Phi) is 4.12. The lowest BCUT2D eigenvalue weighted by Crippen LogP contribution is -2.56. The van der Waals surface area contributed by atoms with Crippen molar-refractivity contribution < 1.29 is 0 Å². The maximum Gasteiger partial charge on any atom is 0.0277 e. The molecule has 3 fully saturated rings. The second-order valence-electron chi connectivity index (χ2n) is 5.93. The molecule has 0 nitrogen and oxygen atoms in total. The van der Waals surface area contributed by atoms with Crippen molar-refractivity contribution in [2.24, 2.45) is 10.8 Å². The summed E-state index contributed by atoms with van der Waals surface area (Å²) in [7, 11) is 0. The summed E-state index contributed by atoms with van der Waals surface area (Å²) in [6, 6.07) is 0. The maximum absolute atomic E-state index is 3.90. The van der Waals surface area contributed by atoms with E-state index in [1.54, 1.807) is 0 Å². The zero-order valence-electron chi connectivity index (χ0n) is 9.47. The van der Waals surface area contributed by atoms with Crippen molar-refractivity contribution in [3.05, 3.63) is 0 Å². The van der Waals surface area contributed by atoms with Crippen molar-refractivity contribution in [3.63, 3.8) is 0 Å². The van der Waals surface area contributed by atoms with E-state index in [1.165, 1.54) is 37.2 Å². The number of hydrogen-bond donors (Lipinski definition) is 0. The summed E-state index contributed by atoms with van der Waals surface area (Å²) in [5, 5.41) is 0. The number of rotatable bonds is 0. The van der Waals surface area contributed by atoms with Crippen LogP contribution < -0.4 is 0 Å². The lowest BCUT2D eigenvalue weighted by atomic mass is 9.52. The van der Waals surface area contributed by atoms with E-state index in [0.29, 0.717) is 30.1 Å². The lowest BCUT2D eigenvalue weighted by molar-refractivity contribution is 0.00618. The van der Waals surface area contributed by atoms with Crippen LogP contribution in [0.2, 0.25) is 0 Å². The molecule has 5 heteroatoms. The molecule has 1 saturated heterocycles. The first-order chi connectivity index (χ1) is 7.98. The molecule has 0 amide bonds. The van der Waals surface area contributed by atoms with E-state index in [4.69, 9.17) is 0 Å². The van der Waals surface area contributed by atoms with Gasteiger partial charge in [0.25, 0.3) is 0 Å². The van der Waals surface area contributed by atoms with Crippen molar-refractivity contribution in [1.82, 2.24) is 0 Å². The average Bonchev–Trinajstić information content (AvgIpc) is 2.57. The molecule has 0 aromatic heterocycles. The predicted molar refractivity (Wildman–Crippen MR) is 91.5 cm³/mol. The van der Waals surface area contributed by atoms with Crippen LogP contribution in [0.4, 0.5) is 0 Å². The summed E-state index contributed by atoms with van der Waals surface area (Å²) in [4.78, 5) is 2.61. The zero-order valence-corrected chi connectivity index (χ0v) is 16.6. The Balaban J connectivity index is 1.96. The SMILES string of the molecule is Br[C@@H]1CC23CSCC2(C[C@H]1Br)C[C@H](Br)[C@H](Br)C3. The van der Waals surface area contributed by atoms with Gasteiger partial charge in [-0.25, -0.2) is 0 Å². The van der Waals surface area contributed by atoms with Gasteiger partial charge in [0.15, 0.2) is 0 Å². The highest BCUT2D eigenvalue weighted by atomic mass is 79.9. The number of thioether (sulfide) groups is 1. The van der Waals surface area contributed by atoms with Crippen LogP contribution in [0, 0.1) is 10.8 Å². The molecule has 98 valence electrons. The van der Waals surface area contributed by atoms with Crippen LogP contribution in [-0.2, 0) is 0 Å². The quantitative estimate of drug-likeness (QED) is 0.395. The van der Waals surface area contributed by atoms with Crippen molar-refractivity contribution in [2.75, 3.05) is 11.5 Å². The molecular weight excluding hydrogens is 496 g/mol. The van der Waals surface area contributed by atoms with Gasteiger partial charge in [-0.3, -0.25) is 0 Å². The summed E-state index contributed by atoms with van der Waals surface area (Å²) in [5.74, 6) is 2.74. The van der Waals surface area contributed by atoms with Gasteiger partial charge in [-0.1, -0.05) is 63.7 Å². The molecule has 3 rings (SSSR count). The standard InChI is InChI=1S/C12H16Br4S/c13-7-1-11-2-9(15)10(16)4-12(11,3-8(7)14)6-17-5-11/h7-10H,1-6H2/t7-,8-,9-,10+,11?,12?/m1/s1. The van der Waals surface area contributed by atoms with Crippen LogP contribution in [0.5, 0.6) is 0 Å². The van der Waals surface area contributed by atoms with Crippen molar-refractivity contribution in [2.45, 2.75) is 45.0 Å². The summed E-state index contributed by atoms with van der Waals surface area (Å²) in [6.45, 7) is 0. The molecule has 0 N–H and O–H groups in total. The fourth-order valence-electron chi connectivity index (χ4n) is 4.02. The van der Waals surface area contributed by atoms with Gasteiger partial charge in [0.2, 0.25) is 0 Å². The van der Waals surface area contributed by atoms with Gasteiger partial charge in [-0.15, -0.1) is 0 Å². The third kappa shape index (κ3) is 2.16. The van der Waals surface area contributed by atoms with Crippen molar-refractivity contribution >= 4 is 75.5 Å². The molecule has 0 spiro atoms. The average molecular weight is 512 g/mol. The molecule has 3 aliphatic rings. The van der Waals surface area contributed by atoms with E-state index < -0.39 is 0 Å². The third-order valence-electron chi connectivity index (χ3n) is 5.01. The molecular formula is C12H16Br4S. The normalized spacial score (nSPS) is 58.6. The van der Waals surface area contributed by atoms with E-state index in [2.05, 4.69) is 75.5 Å². The van der Waals surface area contributed by atoms with E-state index >= 15 is 0 Å². The Morgan fingerprint density at radius 2 is 0.941 bits per heavy atom. The van der Waals surface area contributed by atoms with Crippen molar-refractivity contribution in [3.8, 4) is 0 Å². The van der Waals surface area contributed by atoms with E-state index in [9.17, 15) is 0 Å². The molecule has 0 aromatic carbocycles. The Morgan fingerprint density at radius 1 is 0.647 bits per heavy atom.